The van der Waals surface area contributed by atoms with E-state index in [4.69, 9.17) is 16.3 Å². The van der Waals surface area contributed by atoms with Crippen LogP contribution in [0.5, 0.6) is 5.75 Å². The fourth-order valence-electron chi connectivity index (χ4n) is 6.86. The number of anilines is 3. The van der Waals surface area contributed by atoms with Crippen molar-refractivity contribution in [1.29, 1.82) is 0 Å². The van der Waals surface area contributed by atoms with Crippen LogP contribution in [0.25, 0.3) is 10.9 Å². The highest BCUT2D eigenvalue weighted by Crippen LogP contribution is 2.35. The normalized spacial score (nSPS) is 17.7. The van der Waals surface area contributed by atoms with Crippen LogP contribution in [0.15, 0.2) is 61.4 Å². The maximum atomic E-state index is 15.8. The fourth-order valence-corrected chi connectivity index (χ4v) is 7.04. The third-order valence-corrected chi connectivity index (χ3v) is 10.0. The molecule has 4 aromatic rings. The Hall–Kier alpha value is -5.84. The molecule has 3 aliphatic rings. The number of nitrogens with one attached hydrogen (secondary N) is 3. The highest BCUT2D eigenvalue weighted by atomic mass is 35.5. The SMILES string of the molecule is C=CC(=O)Nc1cc2c(Nc3ccc(F)c(Cl)c3)ncnc2cc1OCCCN1CCN(Cc2ccc3c(c2F)C(=O)N(C2CCC(=O)NC2=O)C3=O)CC1. The van der Waals surface area contributed by atoms with Gasteiger partial charge in [-0.15, -0.1) is 0 Å². The molecule has 17 heteroatoms. The number of piperazine rings is 1. The average molecular weight is 773 g/mol. The highest BCUT2D eigenvalue weighted by molar-refractivity contribution is 6.31. The van der Waals surface area contributed by atoms with Gasteiger partial charge < -0.3 is 20.3 Å². The molecule has 3 aliphatic heterocycles. The van der Waals surface area contributed by atoms with Crippen LogP contribution in [0, 0.1) is 11.6 Å². The second-order valence-electron chi connectivity index (χ2n) is 13.3. The van der Waals surface area contributed by atoms with E-state index in [2.05, 4.69) is 42.3 Å². The molecule has 284 valence electrons. The summed E-state index contributed by atoms with van der Waals surface area (Å²) in [6.45, 7) is 7.48. The Kier molecular flexibility index (Phi) is 10.8. The van der Waals surface area contributed by atoms with Crippen molar-refractivity contribution >= 4 is 69.2 Å². The van der Waals surface area contributed by atoms with Gasteiger partial charge in [-0.25, -0.2) is 18.7 Å². The van der Waals surface area contributed by atoms with Gasteiger partial charge in [0.15, 0.2) is 0 Å². The molecule has 0 bridgehead atoms. The van der Waals surface area contributed by atoms with E-state index in [-0.39, 0.29) is 41.1 Å². The molecule has 0 saturated carbocycles. The second kappa shape index (κ2) is 15.9. The quantitative estimate of drug-likeness (QED) is 0.106. The molecule has 2 fully saturated rings. The van der Waals surface area contributed by atoms with Gasteiger partial charge in [-0.3, -0.25) is 39.1 Å². The van der Waals surface area contributed by atoms with Gasteiger partial charge in [0.05, 0.1) is 34.0 Å². The number of imide groups is 2. The van der Waals surface area contributed by atoms with Crippen LogP contribution in [-0.4, -0.2) is 99.6 Å². The van der Waals surface area contributed by atoms with E-state index in [1.165, 1.54) is 36.7 Å². The number of carbonyl (C=O) groups is 5. The summed E-state index contributed by atoms with van der Waals surface area (Å²) in [4.78, 5) is 76.3. The van der Waals surface area contributed by atoms with Gasteiger partial charge in [-0.1, -0.05) is 24.2 Å². The Morgan fingerprint density at radius 3 is 2.55 bits per heavy atom. The summed E-state index contributed by atoms with van der Waals surface area (Å²) in [5, 5.41) is 8.55. The maximum absolute atomic E-state index is 15.8. The van der Waals surface area contributed by atoms with Crippen LogP contribution in [-0.2, 0) is 20.9 Å². The Morgan fingerprint density at radius 2 is 1.80 bits per heavy atom. The Morgan fingerprint density at radius 1 is 1.02 bits per heavy atom. The molecule has 4 heterocycles. The molecule has 55 heavy (non-hydrogen) atoms. The fraction of sp³-hybridized carbons (Fsp3) is 0.289. The topological polar surface area (TPSA) is 166 Å². The molecule has 2 saturated heterocycles. The number of fused-ring (bicyclic) bond motifs is 2. The smallest absolute Gasteiger partial charge is 0.265 e. The predicted octanol–water partition coefficient (Wildman–Crippen LogP) is 4.42. The van der Waals surface area contributed by atoms with Gasteiger partial charge in [0.1, 0.15) is 35.6 Å². The molecular weight excluding hydrogens is 738 g/mol. The highest BCUT2D eigenvalue weighted by Gasteiger charge is 2.46. The van der Waals surface area contributed by atoms with Crippen LogP contribution in [0.1, 0.15) is 45.5 Å². The van der Waals surface area contributed by atoms with E-state index in [9.17, 15) is 28.4 Å². The third kappa shape index (κ3) is 7.87. The monoisotopic (exact) mass is 772 g/mol. The first-order chi connectivity index (χ1) is 26.5. The summed E-state index contributed by atoms with van der Waals surface area (Å²) >= 11 is 5.95. The summed E-state index contributed by atoms with van der Waals surface area (Å²) in [7, 11) is 0. The number of amides is 5. The van der Waals surface area contributed by atoms with Crippen LogP contribution >= 0.6 is 11.6 Å². The third-order valence-electron chi connectivity index (χ3n) is 9.72. The molecule has 3 N–H and O–H groups in total. The summed E-state index contributed by atoms with van der Waals surface area (Å²) in [5.41, 5.74) is 1.27. The van der Waals surface area contributed by atoms with Crippen LogP contribution in [0.3, 0.4) is 0 Å². The molecule has 14 nitrogen and oxygen atoms in total. The van der Waals surface area contributed by atoms with Gasteiger partial charge in [0.25, 0.3) is 11.8 Å². The minimum atomic E-state index is -1.17. The minimum Gasteiger partial charge on any atom is -0.491 e. The lowest BCUT2D eigenvalue weighted by Gasteiger charge is -2.34. The van der Waals surface area contributed by atoms with Crippen LogP contribution in [0.2, 0.25) is 5.02 Å². The van der Waals surface area contributed by atoms with E-state index in [1.807, 2.05) is 0 Å². The van der Waals surface area contributed by atoms with Crippen molar-refractivity contribution in [1.82, 2.24) is 30.0 Å². The molecule has 0 spiro atoms. The predicted molar refractivity (Wildman–Crippen MR) is 198 cm³/mol. The van der Waals surface area contributed by atoms with Gasteiger partial charge in [0, 0.05) is 68.4 Å². The maximum Gasteiger partial charge on any atom is 0.265 e. The summed E-state index contributed by atoms with van der Waals surface area (Å²) < 4.78 is 35.6. The Balaban J connectivity index is 0.937. The minimum absolute atomic E-state index is 0.00869. The van der Waals surface area contributed by atoms with Gasteiger partial charge in [-0.2, -0.15) is 0 Å². The first-order valence-electron chi connectivity index (χ1n) is 17.6. The number of piperidine rings is 1. The lowest BCUT2D eigenvalue weighted by Crippen LogP contribution is -2.54. The second-order valence-corrected chi connectivity index (χ2v) is 13.7. The van der Waals surface area contributed by atoms with Crippen molar-refractivity contribution in [3.8, 4) is 5.75 Å². The van der Waals surface area contributed by atoms with Crippen molar-refractivity contribution in [3.05, 3.63) is 94.8 Å². The number of halogens is 3. The molecule has 5 amide bonds. The van der Waals surface area contributed by atoms with E-state index >= 15 is 4.39 Å². The molecule has 3 aromatic carbocycles. The number of aromatic nitrogens is 2. The molecule has 0 aliphatic carbocycles. The molecule has 1 aromatic heterocycles. The van der Waals surface area contributed by atoms with Crippen molar-refractivity contribution in [3.63, 3.8) is 0 Å². The molecule has 0 radical (unpaired) electrons. The number of nitrogens with zero attached hydrogens (tertiary/aromatic N) is 5. The summed E-state index contributed by atoms with van der Waals surface area (Å²) in [6.07, 6.45) is 3.15. The molecular formula is C38H35ClF2N8O6. The van der Waals surface area contributed by atoms with Crippen molar-refractivity contribution in [2.24, 2.45) is 0 Å². The summed E-state index contributed by atoms with van der Waals surface area (Å²) in [5.74, 6) is -3.81. The number of hydrogen-bond acceptors (Lipinski definition) is 11. The zero-order valence-corrected chi connectivity index (χ0v) is 30.1. The molecule has 1 atom stereocenters. The number of ether oxygens (including phenoxy) is 1. The van der Waals surface area contributed by atoms with Gasteiger partial charge in [-0.05, 0) is 49.2 Å². The average Bonchev–Trinajstić information content (AvgIpc) is 3.42. The largest absolute Gasteiger partial charge is 0.491 e. The van der Waals surface area contributed by atoms with Gasteiger partial charge in [0.2, 0.25) is 17.7 Å². The number of carbonyl (C=O) groups excluding carboxylic acids is 5. The van der Waals surface area contributed by atoms with Crippen LogP contribution < -0.4 is 20.7 Å². The Bertz CT molecular complexity index is 2250. The molecule has 7 rings (SSSR count). The first-order valence-corrected chi connectivity index (χ1v) is 17.9. The number of rotatable bonds is 12. The lowest BCUT2D eigenvalue weighted by molar-refractivity contribution is -0.136. The Labute approximate surface area is 318 Å². The van der Waals surface area contributed by atoms with Crippen LogP contribution in [0.4, 0.5) is 26.0 Å². The summed E-state index contributed by atoms with van der Waals surface area (Å²) in [6, 6.07) is 9.34. The zero-order chi connectivity index (χ0) is 38.8. The van der Waals surface area contributed by atoms with Crippen molar-refractivity contribution < 1.29 is 37.5 Å². The first kappa shape index (κ1) is 37.5. The zero-order valence-electron chi connectivity index (χ0n) is 29.4. The number of benzene rings is 3. The van der Waals surface area contributed by atoms with E-state index in [0.29, 0.717) is 79.6 Å². The number of hydrogen-bond donors (Lipinski definition) is 3. The van der Waals surface area contributed by atoms with E-state index in [1.54, 1.807) is 12.1 Å². The van der Waals surface area contributed by atoms with Crippen molar-refractivity contribution in [2.45, 2.75) is 31.8 Å². The lowest BCUT2D eigenvalue weighted by atomic mass is 10.0. The van der Waals surface area contributed by atoms with E-state index < -0.39 is 47.2 Å². The van der Waals surface area contributed by atoms with Crippen molar-refractivity contribution in [2.75, 3.05) is 50.0 Å². The van der Waals surface area contributed by atoms with Gasteiger partial charge >= 0.3 is 0 Å². The molecule has 1 unspecified atom stereocenters. The standard InChI is InChI=1S/C38H35ClF2N8O6/c1-2-31(50)45-28-17-24-27(42-20-43-35(24)44-22-5-7-26(40)25(39)16-22)18-30(28)55-15-3-10-47-11-13-48(14-12-47)19-21-4-6-23-33(34(21)41)38(54)49(37(23)53)29-8-9-32(51)46-36(29)52/h2,4-7,16-18,20,29H,1,3,8-15,19H2,(H,45,50)(H,42,43,44)(H,46,51,52). The van der Waals surface area contributed by atoms with E-state index in [0.717, 1.165) is 11.0 Å².